The maximum Gasteiger partial charge on any atom is 0.358 e. The van der Waals surface area contributed by atoms with E-state index in [1.54, 1.807) is 0 Å². The summed E-state index contributed by atoms with van der Waals surface area (Å²) < 4.78 is 5.06. The molecule has 2 rings (SSSR count). The topological polar surface area (TPSA) is 63.3 Å². The Kier molecular flexibility index (Phi) is 2.71. The first kappa shape index (κ1) is 11.4. The molecule has 1 heterocycles. The fourth-order valence-corrected chi connectivity index (χ4v) is 1.73. The lowest BCUT2D eigenvalue weighted by molar-refractivity contribution is 0.0686. The van der Waals surface area contributed by atoms with E-state index in [1.807, 2.05) is 32.9 Å². The lowest BCUT2D eigenvalue weighted by atomic mass is 9.99. The van der Waals surface area contributed by atoms with Gasteiger partial charge in [0, 0.05) is 11.6 Å². The summed E-state index contributed by atoms with van der Waals surface area (Å²) in [5.74, 6) is -0.593. The molecule has 0 aliphatic carbocycles. The number of aromatic carboxylic acids is 1. The summed E-state index contributed by atoms with van der Waals surface area (Å²) in [4.78, 5) is 10.7. The molecule has 88 valence electrons. The molecule has 0 saturated heterocycles. The van der Waals surface area contributed by atoms with Crippen LogP contribution in [0.1, 0.15) is 27.2 Å². The molecule has 1 N–H and O–H groups in total. The molecule has 4 heteroatoms. The van der Waals surface area contributed by atoms with Crippen LogP contribution >= 0.6 is 0 Å². The zero-order chi connectivity index (χ0) is 12.6. The minimum atomic E-state index is -1.08. The maximum absolute atomic E-state index is 10.7. The number of rotatable bonds is 2. The average molecular weight is 231 g/mol. The van der Waals surface area contributed by atoms with Gasteiger partial charge in [-0.25, -0.2) is 4.79 Å². The molecule has 0 bridgehead atoms. The van der Waals surface area contributed by atoms with E-state index in [0.717, 1.165) is 16.7 Å². The maximum atomic E-state index is 10.7. The van der Waals surface area contributed by atoms with Gasteiger partial charge in [0.1, 0.15) is 0 Å². The zero-order valence-corrected chi connectivity index (χ0v) is 9.94. The highest BCUT2D eigenvalue weighted by molar-refractivity contribution is 5.86. The molecule has 0 atom stereocenters. The number of hydrogen-bond donors (Lipinski definition) is 1. The predicted octanol–water partition coefficient (Wildman–Crippen LogP) is 2.97. The third-order valence-corrected chi connectivity index (χ3v) is 2.84. The molecule has 0 aliphatic heterocycles. The van der Waals surface area contributed by atoms with Crippen molar-refractivity contribution in [1.82, 2.24) is 5.16 Å². The van der Waals surface area contributed by atoms with E-state index in [4.69, 9.17) is 9.63 Å². The molecule has 0 fully saturated rings. The number of nitrogens with zero attached hydrogens (tertiary/aromatic N) is 1. The molecule has 17 heavy (non-hydrogen) atoms. The first-order valence-corrected chi connectivity index (χ1v) is 5.27. The predicted molar refractivity (Wildman–Crippen MR) is 63.1 cm³/mol. The van der Waals surface area contributed by atoms with Gasteiger partial charge in [-0.2, -0.15) is 0 Å². The van der Waals surface area contributed by atoms with Crippen molar-refractivity contribution in [3.05, 3.63) is 40.6 Å². The summed E-state index contributed by atoms with van der Waals surface area (Å²) in [6, 6.07) is 5.48. The van der Waals surface area contributed by atoms with E-state index in [9.17, 15) is 4.79 Å². The summed E-state index contributed by atoms with van der Waals surface area (Å²) in [5, 5.41) is 12.3. The minimum Gasteiger partial charge on any atom is -0.476 e. The van der Waals surface area contributed by atoms with Crippen LogP contribution in [0.15, 0.2) is 22.7 Å². The Labute approximate surface area is 98.9 Å². The van der Waals surface area contributed by atoms with Crippen molar-refractivity contribution in [3.8, 4) is 11.3 Å². The van der Waals surface area contributed by atoms with Crippen LogP contribution in [0, 0.1) is 20.8 Å². The second-order valence-electron chi connectivity index (χ2n) is 4.13. The number of carboxylic acids is 1. The van der Waals surface area contributed by atoms with Gasteiger partial charge in [-0.15, -0.1) is 0 Å². The molecule has 1 aromatic carbocycles. The highest BCUT2D eigenvalue weighted by atomic mass is 16.5. The third-order valence-electron chi connectivity index (χ3n) is 2.84. The van der Waals surface area contributed by atoms with Crippen LogP contribution < -0.4 is 0 Å². The number of benzene rings is 1. The van der Waals surface area contributed by atoms with E-state index in [1.165, 1.54) is 11.6 Å². The molecule has 1 aromatic heterocycles. The van der Waals surface area contributed by atoms with Crippen molar-refractivity contribution in [1.29, 1.82) is 0 Å². The Morgan fingerprint density at radius 2 is 1.76 bits per heavy atom. The summed E-state index contributed by atoms with van der Waals surface area (Å²) in [6.07, 6.45) is 0. The number of hydrogen-bond acceptors (Lipinski definition) is 3. The van der Waals surface area contributed by atoms with Gasteiger partial charge in [-0.05, 0) is 43.5 Å². The largest absolute Gasteiger partial charge is 0.476 e. The Hall–Kier alpha value is -2.10. The second-order valence-corrected chi connectivity index (χ2v) is 4.13. The zero-order valence-electron chi connectivity index (χ0n) is 9.94. The molecule has 0 radical (unpaired) electrons. The molecule has 2 aromatic rings. The fourth-order valence-electron chi connectivity index (χ4n) is 1.73. The monoisotopic (exact) mass is 231 g/mol. The third kappa shape index (κ3) is 2.06. The highest BCUT2D eigenvalue weighted by Crippen LogP contribution is 2.26. The lowest BCUT2D eigenvalue weighted by Gasteiger charge is -2.06. The van der Waals surface area contributed by atoms with Crippen molar-refractivity contribution < 1.29 is 14.4 Å². The quantitative estimate of drug-likeness (QED) is 0.863. The Bertz CT molecular complexity index is 584. The number of aryl methyl sites for hydroxylation is 3. The normalized spacial score (nSPS) is 10.5. The van der Waals surface area contributed by atoms with Gasteiger partial charge in [-0.1, -0.05) is 11.2 Å². The van der Waals surface area contributed by atoms with Gasteiger partial charge in [-0.3, -0.25) is 0 Å². The van der Waals surface area contributed by atoms with Gasteiger partial charge in [0.2, 0.25) is 0 Å². The fraction of sp³-hybridized carbons (Fsp3) is 0.231. The number of carboxylic acid groups (broad SMARTS) is 1. The molecule has 0 spiro atoms. The number of carbonyl (C=O) groups is 1. The molecule has 0 saturated carbocycles. The van der Waals surface area contributed by atoms with E-state index in [-0.39, 0.29) is 5.69 Å². The van der Waals surface area contributed by atoms with E-state index >= 15 is 0 Å². The molecule has 4 nitrogen and oxygen atoms in total. The van der Waals surface area contributed by atoms with Crippen LogP contribution in [0.2, 0.25) is 0 Å². The Balaban J connectivity index is 2.52. The van der Waals surface area contributed by atoms with Gasteiger partial charge in [0.15, 0.2) is 11.5 Å². The summed E-state index contributed by atoms with van der Waals surface area (Å²) >= 11 is 0. The van der Waals surface area contributed by atoms with Crippen LogP contribution in [0.25, 0.3) is 11.3 Å². The average Bonchev–Trinajstić information content (AvgIpc) is 2.72. The van der Waals surface area contributed by atoms with Gasteiger partial charge in [0.05, 0.1) is 0 Å². The molecule has 0 unspecified atom stereocenters. The molecule has 0 amide bonds. The van der Waals surface area contributed by atoms with Crippen LogP contribution in [-0.2, 0) is 0 Å². The van der Waals surface area contributed by atoms with Crippen LogP contribution in [0.5, 0.6) is 0 Å². The first-order chi connectivity index (χ1) is 7.99. The molecular weight excluding hydrogens is 218 g/mol. The van der Waals surface area contributed by atoms with Crippen molar-refractivity contribution in [2.24, 2.45) is 0 Å². The highest BCUT2D eigenvalue weighted by Gasteiger charge is 2.14. The van der Waals surface area contributed by atoms with Crippen molar-refractivity contribution in [3.63, 3.8) is 0 Å². The summed E-state index contributed by atoms with van der Waals surface area (Å²) in [7, 11) is 0. The summed E-state index contributed by atoms with van der Waals surface area (Å²) in [5.41, 5.74) is 4.19. The van der Waals surface area contributed by atoms with Crippen molar-refractivity contribution in [2.45, 2.75) is 20.8 Å². The van der Waals surface area contributed by atoms with Crippen molar-refractivity contribution in [2.75, 3.05) is 0 Å². The van der Waals surface area contributed by atoms with Gasteiger partial charge >= 0.3 is 5.97 Å². The van der Waals surface area contributed by atoms with E-state index in [0.29, 0.717) is 5.76 Å². The van der Waals surface area contributed by atoms with Crippen LogP contribution in [-0.4, -0.2) is 16.2 Å². The minimum absolute atomic E-state index is 0.0716. The number of aromatic nitrogens is 1. The Morgan fingerprint density at radius 3 is 2.35 bits per heavy atom. The lowest BCUT2D eigenvalue weighted by Crippen LogP contribution is -1.94. The van der Waals surface area contributed by atoms with Gasteiger partial charge < -0.3 is 9.63 Å². The first-order valence-electron chi connectivity index (χ1n) is 5.27. The van der Waals surface area contributed by atoms with E-state index in [2.05, 4.69) is 5.16 Å². The van der Waals surface area contributed by atoms with Crippen LogP contribution in [0.4, 0.5) is 0 Å². The SMILES string of the molecule is Cc1cc(C)c(-c2cc(C(=O)O)no2)cc1C. The molecular formula is C13H13NO3. The molecule has 0 aliphatic rings. The van der Waals surface area contributed by atoms with Crippen molar-refractivity contribution >= 4 is 5.97 Å². The standard InChI is InChI=1S/C13H13NO3/c1-7-4-9(3)10(5-8(7)2)12-6-11(13(15)16)14-17-12/h4-6H,1-3H3,(H,15,16). The van der Waals surface area contributed by atoms with Gasteiger partial charge in [0.25, 0.3) is 0 Å². The Morgan fingerprint density at radius 1 is 1.12 bits per heavy atom. The van der Waals surface area contributed by atoms with Crippen LogP contribution in [0.3, 0.4) is 0 Å². The van der Waals surface area contributed by atoms with E-state index < -0.39 is 5.97 Å². The summed E-state index contributed by atoms with van der Waals surface area (Å²) in [6.45, 7) is 6.01. The smallest absolute Gasteiger partial charge is 0.358 e. The second kappa shape index (κ2) is 4.05.